The van der Waals surface area contributed by atoms with E-state index in [1.165, 1.54) is 12.1 Å². The van der Waals surface area contributed by atoms with E-state index in [0.717, 1.165) is 23.9 Å². The van der Waals surface area contributed by atoms with Crippen molar-refractivity contribution < 1.29 is 23.7 Å². The van der Waals surface area contributed by atoms with E-state index in [4.69, 9.17) is 9.15 Å². The van der Waals surface area contributed by atoms with Crippen molar-refractivity contribution >= 4 is 23.9 Å². The van der Waals surface area contributed by atoms with Gasteiger partial charge in [0, 0.05) is 6.42 Å². The Morgan fingerprint density at radius 2 is 1.96 bits per heavy atom. The van der Waals surface area contributed by atoms with Crippen LogP contribution in [0.15, 0.2) is 45.9 Å². The summed E-state index contributed by atoms with van der Waals surface area (Å²) in [6, 6.07) is 10.1. The summed E-state index contributed by atoms with van der Waals surface area (Å²) < 4.78 is 9.93. The summed E-state index contributed by atoms with van der Waals surface area (Å²) in [5, 5.41) is 16.6. The lowest BCUT2D eigenvalue weighted by molar-refractivity contribution is -0.402. The minimum atomic E-state index is -0.680. The summed E-state index contributed by atoms with van der Waals surface area (Å²) in [6.45, 7) is -0.225. The Labute approximate surface area is 160 Å². The van der Waals surface area contributed by atoms with Gasteiger partial charge in [-0.3, -0.25) is 19.7 Å². The molecule has 0 aliphatic rings. The van der Waals surface area contributed by atoms with Crippen LogP contribution in [0.5, 0.6) is 5.75 Å². The number of hydrogen-bond acceptors (Lipinski definition) is 7. The van der Waals surface area contributed by atoms with E-state index in [1.54, 1.807) is 7.11 Å². The second kappa shape index (κ2) is 10.5. The van der Waals surface area contributed by atoms with Crippen LogP contribution in [0, 0.1) is 10.1 Å². The molecule has 0 aliphatic heterocycles. The van der Waals surface area contributed by atoms with Gasteiger partial charge in [-0.1, -0.05) is 12.1 Å². The maximum Gasteiger partial charge on any atom is 0.433 e. The lowest BCUT2D eigenvalue weighted by atomic mass is 10.1. The van der Waals surface area contributed by atoms with Gasteiger partial charge in [-0.05, 0) is 36.6 Å². The molecular formula is C18H20N4O6. The van der Waals surface area contributed by atoms with Crippen molar-refractivity contribution in [2.75, 3.05) is 13.7 Å². The maximum absolute atomic E-state index is 11.8. The van der Waals surface area contributed by atoms with Crippen LogP contribution in [-0.2, 0) is 16.0 Å². The molecule has 10 heteroatoms. The molecule has 0 radical (unpaired) electrons. The van der Waals surface area contributed by atoms with Crippen LogP contribution in [0.4, 0.5) is 5.88 Å². The molecule has 10 nitrogen and oxygen atoms in total. The summed E-state index contributed by atoms with van der Waals surface area (Å²) in [5.74, 6) is -0.292. The monoisotopic (exact) mass is 388 g/mol. The van der Waals surface area contributed by atoms with Crippen molar-refractivity contribution in [3.8, 4) is 5.75 Å². The predicted molar refractivity (Wildman–Crippen MR) is 100 cm³/mol. The van der Waals surface area contributed by atoms with Crippen LogP contribution in [0.25, 0.3) is 0 Å². The van der Waals surface area contributed by atoms with Crippen LogP contribution in [0.1, 0.15) is 24.2 Å². The van der Waals surface area contributed by atoms with E-state index in [2.05, 4.69) is 15.8 Å². The normalized spacial score (nSPS) is 10.6. The Morgan fingerprint density at radius 3 is 2.61 bits per heavy atom. The molecule has 0 fully saturated rings. The van der Waals surface area contributed by atoms with Gasteiger partial charge in [-0.2, -0.15) is 5.10 Å². The van der Waals surface area contributed by atoms with E-state index in [9.17, 15) is 19.7 Å². The van der Waals surface area contributed by atoms with Gasteiger partial charge in [0.2, 0.25) is 5.91 Å². The second-order valence-corrected chi connectivity index (χ2v) is 5.70. The Bertz CT molecular complexity index is 844. The summed E-state index contributed by atoms with van der Waals surface area (Å²) >= 11 is 0. The highest BCUT2D eigenvalue weighted by molar-refractivity contribution is 5.85. The van der Waals surface area contributed by atoms with Gasteiger partial charge in [-0.15, -0.1) is 0 Å². The number of amides is 2. The molecule has 1 heterocycles. The van der Waals surface area contributed by atoms with E-state index >= 15 is 0 Å². The number of benzene rings is 1. The molecule has 0 spiro atoms. The van der Waals surface area contributed by atoms with Crippen LogP contribution < -0.4 is 15.5 Å². The molecular weight excluding hydrogens is 368 g/mol. The van der Waals surface area contributed by atoms with Crippen LogP contribution in [-0.4, -0.2) is 36.6 Å². The molecule has 28 heavy (non-hydrogen) atoms. The number of nitrogens with zero attached hydrogens (tertiary/aromatic N) is 2. The van der Waals surface area contributed by atoms with Crippen LogP contribution in [0.2, 0.25) is 0 Å². The Kier molecular flexibility index (Phi) is 7.70. The summed E-state index contributed by atoms with van der Waals surface area (Å²) in [4.78, 5) is 33.2. The second-order valence-electron chi connectivity index (χ2n) is 5.70. The van der Waals surface area contributed by atoms with Gasteiger partial charge in [0.25, 0.3) is 5.91 Å². The first-order valence-corrected chi connectivity index (χ1v) is 8.43. The Morgan fingerprint density at radius 1 is 1.21 bits per heavy atom. The molecule has 0 saturated carbocycles. The minimum absolute atomic E-state index is 0.120. The number of rotatable bonds is 10. The zero-order valence-corrected chi connectivity index (χ0v) is 15.2. The number of hydrogen-bond donors (Lipinski definition) is 2. The highest BCUT2D eigenvalue weighted by Gasteiger charge is 2.10. The SMILES string of the molecule is COc1ccc(CCCC(=O)NCC(=O)N/N=C\c2ccc([N+](=O)[O-])o2)cc1. The van der Waals surface area contributed by atoms with Crippen LogP contribution in [0.3, 0.4) is 0 Å². The number of nitro groups is 1. The quantitative estimate of drug-likeness (QED) is 0.362. The predicted octanol–water partition coefficient (Wildman–Crippen LogP) is 1.79. The highest BCUT2D eigenvalue weighted by atomic mass is 16.6. The number of hydrazone groups is 1. The smallest absolute Gasteiger partial charge is 0.433 e. The lowest BCUT2D eigenvalue weighted by Crippen LogP contribution is -2.34. The third-order valence-electron chi connectivity index (χ3n) is 3.65. The summed E-state index contributed by atoms with van der Waals surface area (Å²) in [6.07, 6.45) is 2.80. The Hall–Kier alpha value is -3.69. The number of aryl methyl sites for hydroxylation is 1. The van der Waals surface area contributed by atoms with Crippen molar-refractivity contribution in [2.24, 2.45) is 5.10 Å². The van der Waals surface area contributed by atoms with Gasteiger partial charge >= 0.3 is 5.88 Å². The van der Waals surface area contributed by atoms with Crippen molar-refractivity contribution in [1.82, 2.24) is 10.7 Å². The van der Waals surface area contributed by atoms with Crippen LogP contribution >= 0.6 is 0 Å². The third kappa shape index (κ3) is 6.90. The standard InChI is InChI=1S/C18H20N4O6/c1-27-14-7-5-13(6-8-14)3-2-4-16(23)19-12-17(24)21-20-11-15-9-10-18(28-15)22(25)26/h5-11H,2-4,12H2,1H3,(H,19,23)(H,21,24)/b20-11-. The van der Waals surface area contributed by atoms with Gasteiger partial charge in [0.05, 0.1) is 25.9 Å². The number of carbonyl (C=O) groups is 2. The number of ether oxygens (including phenoxy) is 1. The average molecular weight is 388 g/mol. The fourth-order valence-corrected chi connectivity index (χ4v) is 2.23. The van der Waals surface area contributed by atoms with Crippen molar-refractivity contribution in [3.63, 3.8) is 0 Å². The highest BCUT2D eigenvalue weighted by Crippen LogP contribution is 2.14. The molecule has 0 atom stereocenters. The third-order valence-corrected chi connectivity index (χ3v) is 3.65. The van der Waals surface area contributed by atoms with Crippen molar-refractivity contribution in [1.29, 1.82) is 0 Å². The number of methoxy groups -OCH3 is 1. The molecule has 148 valence electrons. The maximum atomic E-state index is 11.8. The molecule has 1 aromatic carbocycles. The van der Waals surface area contributed by atoms with E-state index in [0.29, 0.717) is 12.8 Å². The zero-order chi connectivity index (χ0) is 20.4. The largest absolute Gasteiger partial charge is 0.497 e. The van der Waals surface area contributed by atoms with Gasteiger partial charge in [0.1, 0.15) is 10.7 Å². The van der Waals surface area contributed by atoms with E-state index in [1.807, 2.05) is 24.3 Å². The average Bonchev–Trinajstić information content (AvgIpc) is 3.16. The lowest BCUT2D eigenvalue weighted by Gasteiger charge is -2.05. The summed E-state index contributed by atoms with van der Waals surface area (Å²) in [5.41, 5.74) is 3.29. The molecule has 2 N–H and O–H groups in total. The molecule has 0 bridgehead atoms. The number of nitrogens with one attached hydrogen (secondary N) is 2. The van der Waals surface area contributed by atoms with Gasteiger partial charge in [-0.25, -0.2) is 5.43 Å². The topological polar surface area (TPSA) is 136 Å². The van der Waals surface area contributed by atoms with Crippen molar-refractivity contribution in [3.05, 3.63) is 57.8 Å². The molecule has 0 saturated heterocycles. The molecule has 1 aromatic heterocycles. The van der Waals surface area contributed by atoms with Gasteiger partial charge < -0.3 is 14.5 Å². The Balaban J connectivity index is 1.62. The number of carbonyl (C=O) groups excluding carboxylic acids is 2. The van der Waals surface area contributed by atoms with Crippen molar-refractivity contribution in [2.45, 2.75) is 19.3 Å². The molecule has 0 unspecified atom stereocenters. The van der Waals surface area contributed by atoms with Gasteiger partial charge in [0.15, 0.2) is 5.76 Å². The fraction of sp³-hybridized carbons (Fsp3) is 0.278. The van der Waals surface area contributed by atoms with E-state index < -0.39 is 16.7 Å². The first kappa shape index (κ1) is 20.6. The number of furan rings is 1. The zero-order valence-electron chi connectivity index (χ0n) is 15.2. The molecule has 2 amide bonds. The molecule has 2 rings (SSSR count). The minimum Gasteiger partial charge on any atom is -0.497 e. The fourth-order valence-electron chi connectivity index (χ4n) is 2.23. The first-order valence-electron chi connectivity index (χ1n) is 8.43. The first-order chi connectivity index (χ1) is 13.5. The molecule has 2 aromatic rings. The summed E-state index contributed by atoms with van der Waals surface area (Å²) in [7, 11) is 1.60. The molecule has 0 aliphatic carbocycles. The van der Waals surface area contributed by atoms with E-state index in [-0.39, 0.29) is 18.2 Å².